The van der Waals surface area contributed by atoms with Crippen molar-refractivity contribution in [1.29, 1.82) is 0 Å². The number of benzene rings is 1. The van der Waals surface area contributed by atoms with Gasteiger partial charge in [-0.25, -0.2) is 0 Å². The topological polar surface area (TPSA) is 66.5 Å². The van der Waals surface area contributed by atoms with Crippen LogP contribution in [0.1, 0.15) is 31.4 Å². The van der Waals surface area contributed by atoms with Gasteiger partial charge in [0.1, 0.15) is 6.54 Å². The van der Waals surface area contributed by atoms with Crippen LogP contribution in [0.3, 0.4) is 0 Å². The first kappa shape index (κ1) is 16.9. The lowest BCUT2D eigenvalue weighted by Gasteiger charge is -2.18. The van der Waals surface area contributed by atoms with Gasteiger partial charge in [0.15, 0.2) is 0 Å². The highest BCUT2D eigenvalue weighted by Gasteiger charge is 2.47. The second kappa shape index (κ2) is 6.89. The summed E-state index contributed by atoms with van der Waals surface area (Å²) in [4.78, 5) is 38.1. The lowest BCUT2D eigenvalue weighted by molar-refractivity contribution is -0.143. The molecule has 1 aliphatic heterocycles. The number of nitrogens with zero attached hydrogens (tertiary/aromatic N) is 1. The van der Waals surface area contributed by atoms with Gasteiger partial charge in [-0.2, -0.15) is 0 Å². The van der Waals surface area contributed by atoms with Crippen molar-refractivity contribution in [2.24, 2.45) is 11.8 Å². The predicted octanol–water partition coefficient (Wildman–Crippen LogP) is 2.58. The van der Waals surface area contributed by atoms with Crippen LogP contribution in [-0.4, -0.2) is 29.2 Å². The Labute approximate surface area is 149 Å². The van der Waals surface area contributed by atoms with Crippen molar-refractivity contribution >= 4 is 33.7 Å². The zero-order valence-electron chi connectivity index (χ0n) is 13.4. The molecule has 0 radical (unpaired) electrons. The maximum atomic E-state index is 12.4. The molecule has 1 aliphatic carbocycles. The maximum absolute atomic E-state index is 12.4. The summed E-state index contributed by atoms with van der Waals surface area (Å²) in [5, 5.41) is 2.85. The van der Waals surface area contributed by atoms with Gasteiger partial charge in [0.2, 0.25) is 17.7 Å². The summed E-state index contributed by atoms with van der Waals surface area (Å²) in [6.45, 7) is 1.67. The van der Waals surface area contributed by atoms with E-state index in [4.69, 9.17) is 0 Å². The fourth-order valence-corrected chi connectivity index (χ4v) is 3.55. The Bertz CT molecular complexity index is 673. The fraction of sp³-hybridized carbons (Fsp3) is 0.389. The van der Waals surface area contributed by atoms with E-state index in [9.17, 15) is 14.4 Å². The SMILES string of the molecule is C[C@H](NC(=O)CN1C(=O)[C@H]2CC=CC[C@H]2C1=O)c1ccc(Br)cc1. The molecular formula is C18H19BrN2O3. The van der Waals surface area contributed by atoms with Crippen LogP contribution in [0.15, 0.2) is 40.9 Å². The highest BCUT2D eigenvalue weighted by molar-refractivity contribution is 9.10. The number of amides is 3. The first-order valence-corrected chi connectivity index (χ1v) is 8.81. The highest BCUT2D eigenvalue weighted by Crippen LogP contribution is 2.34. The molecule has 0 unspecified atom stereocenters. The molecule has 0 aromatic heterocycles. The zero-order chi connectivity index (χ0) is 17.3. The molecule has 5 nitrogen and oxygen atoms in total. The summed E-state index contributed by atoms with van der Waals surface area (Å²) in [5.74, 6) is -1.35. The molecule has 3 atom stereocenters. The number of nitrogens with one attached hydrogen (secondary N) is 1. The quantitative estimate of drug-likeness (QED) is 0.634. The molecule has 1 aromatic carbocycles. The minimum absolute atomic E-state index is 0.192. The van der Waals surface area contributed by atoms with E-state index in [0.717, 1.165) is 14.9 Å². The predicted molar refractivity (Wildman–Crippen MR) is 92.8 cm³/mol. The third-order valence-electron chi connectivity index (χ3n) is 4.65. The monoisotopic (exact) mass is 390 g/mol. The number of hydrogen-bond donors (Lipinski definition) is 1. The Morgan fingerprint density at radius 3 is 2.25 bits per heavy atom. The zero-order valence-corrected chi connectivity index (χ0v) is 15.0. The number of allylic oxidation sites excluding steroid dienone is 2. The molecule has 1 aromatic rings. The van der Waals surface area contributed by atoms with Gasteiger partial charge < -0.3 is 5.32 Å². The number of halogens is 1. The molecule has 0 saturated carbocycles. The Morgan fingerprint density at radius 1 is 1.17 bits per heavy atom. The summed E-state index contributed by atoms with van der Waals surface area (Å²) in [5.41, 5.74) is 0.962. The van der Waals surface area contributed by atoms with E-state index in [0.29, 0.717) is 12.8 Å². The highest BCUT2D eigenvalue weighted by atomic mass is 79.9. The molecule has 1 saturated heterocycles. The first-order valence-electron chi connectivity index (χ1n) is 8.02. The smallest absolute Gasteiger partial charge is 0.240 e. The molecule has 24 heavy (non-hydrogen) atoms. The van der Waals surface area contributed by atoms with E-state index in [1.807, 2.05) is 43.3 Å². The molecule has 1 heterocycles. The molecular weight excluding hydrogens is 372 g/mol. The number of carbonyl (C=O) groups is 3. The third-order valence-corrected chi connectivity index (χ3v) is 5.18. The number of rotatable bonds is 4. The van der Waals surface area contributed by atoms with Crippen LogP contribution < -0.4 is 5.32 Å². The average Bonchev–Trinajstić information content (AvgIpc) is 2.81. The summed E-state index contributed by atoms with van der Waals surface area (Å²) >= 11 is 3.37. The molecule has 2 aliphatic rings. The number of hydrogen-bond acceptors (Lipinski definition) is 3. The fourth-order valence-electron chi connectivity index (χ4n) is 3.29. The van der Waals surface area contributed by atoms with Crippen LogP contribution in [0.2, 0.25) is 0 Å². The molecule has 3 amide bonds. The minimum atomic E-state index is -0.321. The molecule has 3 rings (SSSR count). The molecule has 6 heteroatoms. The van der Waals surface area contributed by atoms with Crippen molar-refractivity contribution in [3.8, 4) is 0 Å². The van der Waals surface area contributed by atoms with Gasteiger partial charge >= 0.3 is 0 Å². The molecule has 1 fully saturated rings. The number of carbonyl (C=O) groups excluding carboxylic acids is 3. The Morgan fingerprint density at radius 2 is 1.71 bits per heavy atom. The van der Waals surface area contributed by atoms with E-state index in [2.05, 4.69) is 21.2 Å². The lowest BCUT2D eigenvalue weighted by Crippen LogP contribution is -2.41. The van der Waals surface area contributed by atoms with Crippen LogP contribution in [-0.2, 0) is 14.4 Å². The van der Waals surface area contributed by atoms with E-state index >= 15 is 0 Å². The van der Waals surface area contributed by atoms with Gasteiger partial charge in [0, 0.05) is 4.47 Å². The second-order valence-electron chi connectivity index (χ2n) is 6.26. The third kappa shape index (κ3) is 3.29. The maximum Gasteiger partial charge on any atom is 0.240 e. The first-order chi connectivity index (χ1) is 11.5. The van der Waals surface area contributed by atoms with Crippen molar-refractivity contribution in [2.45, 2.75) is 25.8 Å². The van der Waals surface area contributed by atoms with Crippen molar-refractivity contribution in [1.82, 2.24) is 10.2 Å². The van der Waals surface area contributed by atoms with Crippen LogP contribution in [0.5, 0.6) is 0 Å². The Hall–Kier alpha value is -1.95. The normalized spacial score (nSPS) is 24.0. The minimum Gasteiger partial charge on any atom is -0.348 e. The summed E-state index contributed by atoms with van der Waals surface area (Å²) in [7, 11) is 0. The van der Waals surface area contributed by atoms with E-state index < -0.39 is 0 Å². The Balaban J connectivity index is 1.61. The molecule has 0 spiro atoms. The Kier molecular flexibility index (Phi) is 4.85. The summed E-state index contributed by atoms with van der Waals surface area (Å²) in [6.07, 6.45) is 5.04. The number of fused-ring (bicyclic) bond motifs is 1. The van der Waals surface area contributed by atoms with Gasteiger partial charge in [-0.1, -0.05) is 40.2 Å². The van der Waals surface area contributed by atoms with Crippen LogP contribution in [0, 0.1) is 11.8 Å². The van der Waals surface area contributed by atoms with Crippen LogP contribution >= 0.6 is 15.9 Å². The largest absolute Gasteiger partial charge is 0.348 e. The molecule has 0 bridgehead atoms. The van der Waals surface area contributed by atoms with Crippen LogP contribution in [0.25, 0.3) is 0 Å². The van der Waals surface area contributed by atoms with Crippen molar-refractivity contribution in [3.63, 3.8) is 0 Å². The number of imide groups is 1. The number of likely N-dealkylation sites (tertiary alicyclic amines) is 1. The van der Waals surface area contributed by atoms with Crippen molar-refractivity contribution in [2.75, 3.05) is 6.54 Å². The van der Waals surface area contributed by atoms with Gasteiger partial charge in [-0.05, 0) is 37.5 Å². The summed E-state index contributed by atoms with van der Waals surface area (Å²) in [6, 6.07) is 7.46. The lowest BCUT2D eigenvalue weighted by atomic mass is 9.85. The average molecular weight is 391 g/mol. The second-order valence-corrected chi connectivity index (χ2v) is 7.17. The summed E-state index contributed by atoms with van der Waals surface area (Å²) < 4.78 is 0.967. The van der Waals surface area contributed by atoms with Gasteiger partial charge in [0.25, 0.3) is 0 Å². The van der Waals surface area contributed by atoms with Crippen molar-refractivity contribution < 1.29 is 14.4 Å². The van der Waals surface area contributed by atoms with Gasteiger partial charge in [-0.15, -0.1) is 0 Å². The standard InChI is InChI=1S/C18H19BrN2O3/c1-11(12-6-8-13(19)9-7-12)20-16(22)10-21-17(23)14-4-2-3-5-15(14)18(21)24/h2-3,6-9,11,14-15H,4-5,10H2,1H3,(H,20,22)/t11-,14-,15+/m0/s1. The van der Waals surface area contributed by atoms with Gasteiger partial charge in [0.05, 0.1) is 17.9 Å². The van der Waals surface area contributed by atoms with E-state index in [1.165, 1.54) is 0 Å². The van der Waals surface area contributed by atoms with E-state index in [-0.39, 0.29) is 42.1 Å². The van der Waals surface area contributed by atoms with Crippen LogP contribution in [0.4, 0.5) is 0 Å². The van der Waals surface area contributed by atoms with Crippen molar-refractivity contribution in [3.05, 3.63) is 46.5 Å². The molecule has 126 valence electrons. The molecule has 1 N–H and O–H groups in total. The van der Waals surface area contributed by atoms with Gasteiger partial charge in [-0.3, -0.25) is 19.3 Å². The van der Waals surface area contributed by atoms with E-state index in [1.54, 1.807) is 0 Å².